The molecule has 0 spiro atoms. The van der Waals surface area contributed by atoms with Gasteiger partial charge < -0.3 is 14.1 Å². The molecule has 0 radical (unpaired) electrons. The van der Waals surface area contributed by atoms with E-state index in [0.29, 0.717) is 12.6 Å². The van der Waals surface area contributed by atoms with Crippen LogP contribution in [0.15, 0.2) is 34.9 Å². The Morgan fingerprint density at radius 3 is 2.88 bits per heavy atom. The highest BCUT2D eigenvalue weighted by molar-refractivity contribution is 5.21. The molecule has 1 aliphatic heterocycles. The zero-order valence-electron chi connectivity index (χ0n) is 14.9. The third kappa shape index (κ3) is 5.28. The molecule has 2 heterocycles. The van der Waals surface area contributed by atoms with Crippen LogP contribution in [0.3, 0.4) is 0 Å². The number of rotatable bonds is 8. The lowest BCUT2D eigenvalue weighted by molar-refractivity contribution is 0.201. The summed E-state index contributed by atoms with van der Waals surface area (Å²) >= 11 is 0. The summed E-state index contributed by atoms with van der Waals surface area (Å²) in [7, 11) is 2.13. The van der Waals surface area contributed by atoms with Crippen molar-refractivity contribution in [3.8, 4) is 5.75 Å². The maximum Gasteiger partial charge on any atom is 0.208 e. The smallest absolute Gasteiger partial charge is 0.208 e. The molecule has 1 aromatic heterocycles. The van der Waals surface area contributed by atoms with Gasteiger partial charge >= 0.3 is 0 Å². The highest BCUT2D eigenvalue weighted by Gasteiger charge is 2.26. The fourth-order valence-corrected chi connectivity index (χ4v) is 3.20. The first-order valence-electron chi connectivity index (χ1n) is 8.82. The van der Waals surface area contributed by atoms with E-state index in [-0.39, 0.29) is 5.82 Å². The Morgan fingerprint density at radius 1 is 1.36 bits per heavy atom. The normalized spacial score (nSPS) is 18.2. The summed E-state index contributed by atoms with van der Waals surface area (Å²) in [4.78, 5) is 9.07. The second-order valence-corrected chi connectivity index (χ2v) is 6.68. The third-order valence-corrected chi connectivity index (χ3v) is 4.63. The zero-order chi connectivity index (χ0) is 17.6. The van der Waals surface area contributed by atoms with Gasteiger partial charge in [-0.3, -0.25) is 4.90 Å². The highest BCUT2D eigenvalue weighted by Crippen LogP contribution is 2.17. The third-order valence-electron chi connectivity index (χ3n) is 4.63. The van der Waals surface area contributed by atoms with E-state index in [0.717, 1.165) is 56.4 Å². The van der Waals surface area contributed by atoms with E-state index in [9.17, 15) is 4.39 Å². The Morgan fingerprint density at radius 2 is 2.16 bits per heavy atom. The monoisotopic (exact) mass is 347 g/mol. The standard InChI is InChI=1S/C19H26FN3O2/c1-15-12-21-19(25-15)14-22(2)17-8-10-23(13-17)9-3-11-24-18-6-4-16(20)5-7-18/h4-7,12,17H,3,8-11,13-14H2,1-2H3/t17-/m0/s1. The van der Waals surface area contributed by atoms with Crippen LogP contribution >= 0.6 is 0 Å². The minimum absolute atomic E-state index is 0.237. The summed E-state index contributed by atoms with van der Waals surface area (Å²) in [5.41, 5.74) is 0. The number of halogens is 1. The molecule has 6 heteroatoms. The van der Waals surface area contributed by atoms with Crippen LogP contribution in [-0.2, 0) is 6.54 Å². The largest absolute Gasteiger partial charge is 0.494 e. The maximum atomic E-state index is 12.8. The van der Waals surface area contributed by atoms with Crippen molar-refractivity contribution in [2.24, 2.45) is 0 Å². The fourth-order valence-electron chi connectivity index (χ4n) is 3.20. The molecule has 1 atom stereocenters. The number of ether oxygens (including phenoxy) is 1. The first-order valence-corrected chi connectivity index (χ1v) is 8.82. The van der Waals surface area contributed by atoms with E-state index in [4.69, 9.17) is 9.15 Å². The number of oxazole rings is 1. The molecule has 0 bridgehead atoms. The van der Waals surface area contributed by atoms with Crippen molar-refractivity contribution in [1.82, 2.24) is 14.8 Å². The number of aromatic nitrogens is 1. The lowest BCUT2D eigenvalue weighted by Gasteiger charge is -2.23. The van der Waals surface area contributed by atoms with Crippen molar-refractivity contribution in [3.63, 3.8) is 0 Å². The lowest BCUT2D eigenvalue weighted by atomic mass is 10.2. The van der Waals surface area contributed by atoms with E-state index in [1.807, 2.05) is 6.92 Å². The topological polar surface area (TPSA) is 41.7 Å². The number of benzene rings is 1. The summed E-state index contributed by atoms with van der Waals surface area (Å²) in [6, 6.07) is 6.71. The molecule has 136 valence electrons. The van der Waals surface area contributed by atoms with Gasteiger partial charge in [-0.15, -0.1) is 0 Å². The van der Waals surface area contributed by atoms with Gasteiger partial charge in [0.1, 0.15) is 17.3 Å². The Bertz CT molecular complexity index is 659. The van der Waals surface area contributed by atoms with Crippen molar-refractivity contribution < 1.29 is 13.5 Å². The SMILES string of the molecule is Cc1cnc(CN(C)[C@H]2CCN(CCCOc3ccc(F)cc3)C2)o1. The van der Waals surface area contributed by atoms with Crippen molar-refractivity contribution >= 4 is 0 Å². The predicted molar refractivity (Wildman–Crippen MR) is 94.1 cm³/mol. The average molecular weight is 347 g/mol. The molecule has 5 nitrogen and oxygen atoms in total. The Hall–Kier alpha value is -1.92. The predicted octanol–water partition coefficient (Wildman–Crippen LogP) is 3.10. The Kier molecular flexibility index (Phi) is 6.04. The van der Waals surface area contributed by atoms with E-state index < -0.39 is 0 Å². The van der Waals surface area contributed by atoms with Gasteiger partial charge in [0, 0.05) is 19.1 Å². The number of likely N-dealkylation sites (N-methyl/N-ethyl adjacent to an activating group) is 1. The molecular formula is C19H26FN3O2. The van der Waals surface area contributed by atoms with Gasteiger partial charge in [-0.2, -0.15) is 0 Å². The second kappa shape index (κ2) is 8.45. The quantitative estimate of drug-likeness (QED) is 0.687. The summed E-state index contributed by atoms with van der Waals surface area (Å²) in [5, 5.41) is 0. The summed E-state index contributed by atoms with van der Waals surface area (Å²) in [5.74, 6) is 2.13. The van der Waals surface area contributed by atoms with Crippen LogP contribution in [0.5, 0.6) is 5.75 Å². The van der Waals surface area contributed by atoms with Crippen LogP contribution in [0.25, 0.3) is 0 Å². The highest BCUT2D eigenvalue weighted by atomic mass is 19.1. The summed E-state index contributed by atoms with van der Waals surface area (Å²) < 4.78 is 24.1. The van der Waals surface area contributed by atoms with Gasteiger partial charge in [-0.25, -0.2) is 9.37 Å². The molecule has 1 saturated heterocycles. The fraction of sp³-hybridized carbons (Fsp3) is 0.526. The van der Waals surface area contributed by atoms with Crippen LogP contribution in [0.2, 0.25) is 0 Å². The molecule has 1 fully saturated rings. The maximum absolute atomic E-state index is 12.8. The van der Waals surface area contributed by atoms with Gasteiger partial charge in [0.15, 0.2) is 0 Å². The second-order valence-electron chi connectivity index (χ2n) is 6.68. The number of nitrogens with zero attached hydrogens (tertiary/aromatic N) is 3. The van der Waals surface area contributed by atoms with E-state index in [1.165, 1.54) is 12.1 Å². The molecule has 0 saturated carbocycles. The van der Waals surface area contributed by atoms with Gasteiger partial charge in [0.2, 0.25) is 5.89 Å². The van der Waals surface area contributed by atoms with Crippen molar-refractivity contribution in [2.75, 3.05) is 33.3 Å². The van der Waals surface area contributed by atoms with Gasteiger partial charge in [0.05, 0.1) is 19.3 Å². The van der Waals surface area contributed by atoms with Gasteiger partial charge in [-0.05, 0) is 57.6 Å². The van der Waals surface area contributed by atoms with E-state index in [1.54, 1.807) is 18.3 Å². The average Bonchev–Trinajstić information content (AvgIpc) is 3.22. The number of aryl methyl sites for hydroxylation is 1. The molecule has 0 N–H and O–H groups in total. The molecular weight excluding hydrogens is 321 g/mol. The zero-order valence-corrected chi connectivity index (χ0v) is 14.9. The van der Waals surface area contributed by atoms with Crippen molar-refractivity contribution in [2.45, 2.75) is 32.4 Å². The van der Waals surface area contributed by atoms with Gasteiger partial charge in [-0.1, -0.05) is 0 Å². The van der Waals surface area contributed by atoms with E-state index in [2.05, 4.69) is 21.8 Å². The molecule has 1 aliphatic rings. The van der Waals surface area contributed by atoms with Crippen molar-refractivity contribution in [1.29, 1.82) is 0 Å². The molecule has 3 rings (SSSR count). The van der Waals surface area contributed by atoms with Crippen LogP contribution in [0.4, 0.5) is 4.39 Å². The molecule has 0 amide bonds. The molecule has 0 unspecified atom stereocenters. The summed E-state index contributed by atoms with van der Waals surface area (Å²) in [6.07, 6.45) is 3.90. The summed E-state index contributed by atoms with van der Waals surface area (Å²) in [6.45, 7) is 6.51. The van der Waals surface area contributed by atoms with Gasteiger partial charge in [0.25, 0.3) is 0 Å². The van der Waals surface area contributed by atoms with E-state index >= 15 is 0 Å². The Balaban J connectivity index is 1.34. The molecule has 1 aromatic carbocycles. The first-order chi connectivity index (χ1) is 12.1. The molecule has 0 aliphatic carbocycles. The van der Waals surface area contributed by atoms with Crippen molar-refractivity contribution in [3.05, 3.63) is 47.9 Å². The van der Waals surface area contributed by atoms with Crippen LogP contribution < -0.4 is 4.74 Å². The molecule has 2 aromatic rings. The number of likely N-dealkylation sites (tertiary alicyclic amines) is 1. The van der Waals surface area contributed by atoms with Crippen LogP contribution in [0.1, 0.15) is 24.5 Å². The number of hydrogen-bond acceptors (Lipinski definition) is 5. The molecule has 25 heavy (non-hydrogen) atoms. The van der Waals surface area contributed by atoms with Crippen LogP contribution in [-0.4, -0.2) is 54.1 Å². The first kappa shape index (κ1) is 17.9. The Labute approximate surface area is 148 Å². The lowest BCUT2D eigenvalue weighted by Crippen LogP contribution is -2.34. The minimum Gasteiger partial charge on any atom is -0.494 e. The number of hydrogen-bond donors (Lipinski definition) is 0. The minimum atomic E-state index is -0.237. The van der Waals surface area contributed by atoms with Crippen LogP contribution in [0, 0.1) is 12.7 Å².